The van der Waals surface area contributed by atoms with Crippen molar-refractivity contribution in [3.05, 3.63) is 66.4 Å². The maximum absolute atomic E-state index is 12.6. The standard InChI is InChI=1S/C17H16N2O2S/c1-2-13-10-11-14-7-6-12-18-16(14)17(13)19-22(20,21)15-8-4-3-5-9-15/h3-12,19H,2H2,1H3. The van der Waals surface area contributed by atoms with Crippen LogP contribution in [-0.4, -0.2) is 13.4 Å². The van der Waals surface area contributed by atoms with Gasteiger partial charge in [-0.3, -0.25) is 9.71 Å². The van der Waals surface area contributed by atoms with Crippen molar-refractivity contribution in [2.45, 2.75) is 18.2 Å². The second-order valence-electron chi connectivity index (χ2n) is 4.95. The molecule has 0 aliphatic carbocycles. The number of nitrogens with zero attached hydrogens (tertiary/aromatic N) is 1. The van der Waals surface area contributed by atoms with Gasteiger partial charge in [0, 0.05) is 11.6 Å². The Bertz CT molecular complexity index is 906. The summed E-state index contributed by atoms with van der Waals surface area (Å²) in [7, 11) is -3.63. The summed E-state index contributed by atoms with van der Waals surface area (Å²) in [5.41, 5.74) is 2.15. The molecule has 0 saturated heterocycles. The van der Waals surface area contributed by atoms with Gasteiger partial charge in [-0.05, 0) is 30.2 Å². The Labute approximate surface area is 129 Å². The van der Waals surface area contributed by atoms with E-state index in [2.05, 4.69) is 9.71 Å². The molecule has 4 nitrogen and oxygen atoms in total. The Morgan fingerprint density at radius 3 is 2.50 bits per heavy atom. The largest absolute Gasteiger partial charge is 0.277 e. The average Bonchev–Trinajstić information content (AvgIpc) is 2.56. The molecule has 3 rings (SSSR count). The first kappa shape index (κ1) is 14.5. The Balaban J connectivity index is 2.14. The number of benzene rings is 2. The number of hydrogen-bond donors (Lipinski definition) is 1. The quantitative estimate of drug-likeness (QED) is 0.801. The van der Waals surface area contributed by atoms with E-state index in [4.69, 9.17) is 0 Å². The van der Waals surface area contributed by atoms with Crippen molar-refractivity contribution in [2.75, 3.05) is 4.72 Å². The van der Waals surface area contributed by atoms with Gasteiger partial charge in [0.15, 0.2) is 0 Å². The molecule has 3 aromatic rings. The number of pyridine rings is 1. The third kappa shape index (κ3) is 2.67. The Hall–Kier alpha value is -2.40. The lowest BCUT2D eigenvalue weighted by atomic mass is 10.1. The summed E-state index contributed by atoms with van der Waals surface area (Å²) < 4.78 is 27.9. The van der Waals surface area contributed by atoms with Crippen LogP contribution in [0.15, 0.2) is 65.7 Å². The molecular formula is C17H16N2O2S. The van der Waals surface area contributed by atoms with Gasteiger partial charge in [0.25, 0.3) is 10.0 Å². The van der Waals surface area contributed by atoms with Gasteiger partial charge in [-0.25, -0.2) is 8.42 Å². The van der Waals surface area contributed by atoms with Crippen LogP contribution in [0.2, 0.25) is 0 Å². The SMILES string of the molecule is CCc1ccc2cccnc2c1NS(=O)(=O)c1ccccc1. The normalized spacial score (nSPS) is 11.5. The molecule has 5 heteroatoms. The molecule has 0 unspecified atom stereocenters. The highest BCUT2D eigenvalue weighted by atomic mass is 32.2. The number of fused-ring (bicyclic) bond motifs is 1. The van der Waals surface area contributed by atoms with Gasteiger partial charge in [0.1, 0.15) is 0 Å². The maximum atomic E-state index is 12.6. The molecule has 112 valence electrons. The first-order valence-electron chi connectivity index (χ1n) is 7.06. The maximum Gasteiger partial charge on any atom is 0.261 e. The molecule has 0 spiro atoms. The molecule has 0 aliphatic heterocycles. The van der Waals surface area contributed by atoms with E-state index >= 15 is 0 Å². The summed E-state index contributed by atoms with van der Waals surface area (Å²) >= 11 is 0. The summed E-state index contributed by atoms with van der Waals surface area (Å²) in [5, 5.41) is 0.908. The minimum Gasteiger partial charge on any atom is -0.277 e. The molecule has 22 heavy (non-hydrogen) atoms. The molecule has 1 N–H and O–H groups in total. The van der Waals surface area contributed by atoms with Crippen molar-refractivity contribution in [3.8, 4) is 0 Å². The predicted octanol–water partition coefficient (Wildman–Crippen LogP) is 3.60. The third-order valence-corrected chi connectivity index (χ3v) is 4.90. The Morgan fingerprint density at radius 1 is 1.00 bits per heavy atom. The Kier molecular flexibility index (Phi) is 3.81. The first-order chi connectivity index (χ1) is 10.6. The van der Waals surface area contributed by atoms with Gasteiger partial charge in [-0.2, -0.15) is 0 Å². The topological polar surface area (TPSA) is 59.1 Å². The van der Waals surface area contributed by atoms with Gasteiger partial charge in [-0.1, -0.05) is 43.3 Å². The molecule has 1 aromatic heterocycles. The smallest absolute Gasteiger partial charge is 0.261 e. The van der Waals surface area contributed by atoms with E-state index in [0.717, 1.165) is 17.4 Å². The number of sulfonamides is 1. The fraction of sp³-hybridized carbons (Fsp3) is 0.118. The van der Waals surface area contributed by atoms with Crippen LogP contribution < -0.4 is 4.72 Å². The van der Waals surface area contributed by atoms with Crippen LogP contribution in [0.4, 0.5) is 5.69 Å². The molecule has 0 radical (unpaired) electrons. The number of anilines is 1. The number of rotatable bonds is 4. The lowest BCUT2D eigenvalue weighted by molar-refractivity contribution is 0.601. The van der Waals surface area contributed by atoms with Crippen molar-refractivity contribution in [2.24, 2.45) is 0 Å². The van der Waals surface area contributed by atoms with E-state index in [9.17, 15) is 8.42 Å². The highest BCUT2D eigenvalue weighted by molar-refractivity contribution is 7.92. The molecular weight excluding hydrogens is 296 g/mol. The molecule has 0 amide bonds. The average molecular weight is 312 g/mol. The highest BCUT2D eigenvalue weighted by Crippen LogP contribution is 2.28. The molecule has 2 aromatic carbocycles. The summed E-state index contributed by atoms with van der Waals surface area (Å²) in [6, 6.07) is 16.0. The second-order valence-corrected chi connectivity index (χ2v) is 6.63. The van der Waals surface area contributed by atoms with Crippen LogP contribution in [0.25, 0.3) is 10.9 Å². The van der Waals surface area contributed by atoms with Crippen molar-refractivity contribution in [1.29, 1.82) is 0 Å². The van der Waals surface area contributed by atoms with E-state index in [0.29, 0.717) is 11.2 Å². The predicted molar refractivity (Wildman–Crippen MR) is 88.4 cm³/mol. The fourth-order valence-electron chi connectivity index (χ4n) is 2.39. The summed E-state index contributed by atoms with van der Waals surface area (Å²) in [5.74, 6) is 0. The minimum atomic E-state index is -3.63. The van der Waals surface area contributed by atoms with E-state index in [1.807, 2.05) is 31.2 Å². The van der Waals surface area contributed by atoms with Crippen molar-refractivity contribution < 1.29 is 8.42 Å². The lowest BCUT2D eigenvalue weighted by Crippen LogP contribution is -2.14. The zero-order valence-electron chi connectivity index (χ0n) is 12.2. The van der Waals surface area contributed by atoms with E-state index in [1.54, 1.807) is 36.5 Å². The van der Waals surface area contributed by atoms with Crippen molar-refractivity contribution in [3.63, 3.8) is 0 Å². The molecule has 0 atom stereocenters. The van der Waals surface area contributed by atoms with Crippen LogP contribution >= 0.6 is 0 Å². The molecule has 1 heterocycles. The Morgan fingerprint density at radius 2 is 1.77 bits per heavy atom. The fourth-order valence-corrected chi connectivity index (χ4v) is 3.52. The number of aryl methyl sites for hydroxylation is 1. The van der Waals surface area contributed by atoms with Crippen LogP contribution in [0.1, 0.15) is 12.5 Å². The van der Waals surface area contributed by atoms with Gasteiger partial charge < -0.3 is 0 Å². The molecule has 0 aliphatic rings. The summed E-state index contributed by atoms with van der Waals surface area (Å²) in [6.45, 7) is 1.99. The number of hydrogen-bond acceptors (Lipinski definition) is 3. The van der Waals surface area contributed by atoms with Crippen molar-refractivity contribution >= 4 is 26.6 Å². The lowest BCUT2D eigenvalue weighted by Gasteiger charge is -2.14. The number of aromatic nitrogens is 1. The third-order valence-electron chi connectivity index (χ3n) is 3.53. The van der Waals surface area contributed by atoms with Crippen LogP contribution in [0.5, 0.6) is 0 Å². The minimum absolute atomic E-state index is 0.241. The zero-order valence-corrected chi connectivity index (χ0v) is 13.0. The van der Waals surface area contributed by atoms with E-state index in [-0.39, 0.29) is 4.90 Å². The van der Waals surface area contributed by atoms with Gasteiger partial charge in [-0.15, -0.1) is 0 Å². The molecule has 0 fully saturated rings. The molecule has 0 saturated carbocycles. The summed E-state index contributed by atoms with van der Waals surface area (Å²) in [6.07, 6.45) is 2.39. The molecule has 0 bridgehead atoms. The number of nitrogens with one attached hydrogen (secondary N) is 1. The monoisotopic (exact) mass is 312 g/mol. The van der Waals surface area contributed by atoms with Crippen LogP contribution in [0, 0.1) is 0 Å². The van der Waals surface area contributed by atoms with Gasteiger partial charge >= 0.3 is 0 Å². The van der Waals surface area contributed by atoms with E-state index < -0.39 is 10.0 Å². The van der Waals surface area contributed by atoms with Crippen molar-refractivity contribution in [1.82, 2.24) is 4.98 Å². The summed E-state index contributed by atoms with van der Waals surface area (Å²) in [4.78, 5) is 4.58. The van der Waals surface area contributed by atoms with Crippen LogP contribution in [-0.2, 0) is 16.4 Å². The second kappa shape index (κ2) is 5.77. The van der Waals surface area contributed by atoms with Crippen LogP contribution in [0.3, 0.4) is 0 Å². The van der Waals surface area contributed by atoms with Gasteiger partial charge in [0.05, 0.1) is 16.1 Å². The highest BCUT2D eigenvalue weighted by Gasteiger charge is 2.17. The first-order valence-corrected chi connectivity index (χ1v) is 8.54. The van der Waals surface area contributed by atoms with Gasteiger partial charge in [0.2, 0.25) is 0 Å². The van der Waals surface area contributed by atoms with E-state index in [1.165, 1.54) is 0 Å². The zero-order chi connectivity index (χ0) is 15.6.